The summed E-state index contributed by atoms with van der Waals surface area (Å²) in [6.45, 7) is 0. The van der Waals surface area contributed by atoms with Crippen molar-refractivity contribution in [3.8, 4) is 23.0 Å². The third-order valence-corrected chi connectivity index (χ3v) is 20.7. The molecule has 0 saturated carbocycles. The number of halogens is 5. The van der Waals surface area contributed by atoms with Crippen molar-refractivity contribution in [1.82, 2.24) is 46.1 Å². The van der Waals surface area contributed by atoms with E-state index in [9.17, 15) is 74.8 Å². The third kappa shape index (κ3) is 18.2. The normalized spacial score (nSPS) is 11.4. The van der Waals surface area contributed by atoms with Crippen molar-refractivity contribution in [2.24, 2.45) is 5.73 Å². The topological polar surface area (TPSA) is 410 Å². The van der Waals surface area contributed by atoms with Gasteiger partial charge in [0.25, 0.3) is 23.6 Å². The number of hydrogen-bond acceptors (Lipinski definition) is 20. The Bertz CT molecular complexity index is 6600. The first-order valence-electron chi connectivity index (χ1n) is 32.3. The van der Waals surface area contributed by atoms with E-state index in [0.29, 0.717) is 44.1 Å². The summed E-state index contributed by atoms with van der Waals surface area (Å²) in [4.78, 5) is 49.5. The number of anilines is 3. The Morgan fingerprint density at radius 2 is 0.696 bits per heavy atom. The van der Waals surface area contributed by atoms with Crippen LogP contribution in [0.15, 0.2) is 274 Å². The van der Waals surface area contributed by atoms with Crippen LogP contribution in [0.1, 0.15) is 41.8 Å². The van der Waals surface area contributed by atoms with Crippen molar-refractivity contribution in [1.29, 1.82) is 0 Å². The summed E-state index contributed by atoms with van der Waals surface area (Å²) >= 11 is 0. The second-order valence-corrected chi connectivity index (χ2v) is 29.5. The van der Waals surface area contributed by atoms with Crippen LogP contribution in [0.25, 0.3) is 43.6 Å². The Morgan fingerprint density at radius 1 is 0.366 bits per heavy atom. The standard InChI is InChI=1S/C26H17F2N3O4S.C20H14FN3O4S.C15H12FN3O4S.C14H10FN3O4S/c27-18-8-4-10-20(14-18)31(26(32)17-6-2-1-3-7-17)25-23-16-22(12-13-24(23)29-30-25)36(33,34)35-21-11-5-9-19(28)15-21;21-13-5-4-8-15(11-13)28-29(26,27)16-9-10-18-17(12-16)19(24-23-18)20(25)22-14-6-2-1-3-7-14;1-17-15(20)14-12-8-11(5-6-13(12)18-19-14)24(21,22)23-10-4-2-3-9(16)7-10;15-8-2-1-3-9(6-8)22-23(20,21)10-4-5-12-11(7-10)13(14(16)19)18-17-12/h1-16H,(H,29,30);1-12H,(H,22,25)(H,23,24);2-8H,1H3,(H,17,20)(H,18,19);1-7H,(H2,16,19)(H,17,18). The zero-order valence-corrected chi connectivity index (χ0v) is 60.4. The molecular formula is C75H53F5N12O16S4. The maximum absolute atomic E-state index is 14.1. The minimum absolute atomic E-state index is 0.0339. The van der Waals surface area contributed by atoms with Gasteiger partial charge >= 0.3 is 40.5 Å². The highest BCUT2D eigenvalue weighted by molar-refractivity contribution is 7.88. The molecule has 15 aromatic rings. The number of primary amides is 1. The van der Waals surface area contributed by atoms with E-state index < -0.39 is 93.2 Å². The van der Waals surface area contributed by atoms with Crippen LogP contribution in [0.5, 0.6) is 23.0 Å². The van der Waals surface area contributed by atoms with E-state index in [-0.39, 0.29) is 81.9 Å². The Kier molecular flexibility index (Phi) is 22.6. The number of amides is 4. The first-order chi connectivity index (χ1) is 53.5. The summed E-state index contributed by atoms with van der Waals surface area (Å²) in [6.07, 6.45) is 0. The lowest BCUT2D eigenvalue weighted by Gasteiger charge is -2.21. The summed E-state index contributed by atoms with van der Waals surface area (Å²) in [5, 5.41) is 32.8. The Labute approximate surface area is 631 Å². The summed E-state index contributed by atoms with van der Waals surface area (Å²) in [5.41, 5.74) is 8.14. The third-order valence-electron chi connectivity index (χ3n) is 15.7. The van der Waals surface area contributed by atoms with Crippen LogP contribution in [0.2, 0.25) is 0 Å². The fourth-order valence-electron chi connectivity index (χ4n) is 10.6. The van der Waals surface area contributed by atoms with Crippen molar-refractivity contribution >= 4 is 125 Å². The molecule has 15 rings (SSSR count). The van der Waals surface area contributed by atoms with Gasteiger partial charge in [-0.1, -0.05) is 66.7 Å². The average Bonchev–Trinajstić information content (AvgIpc) is 1.60. The molecule has 0 radical (unpaired) electrons. The molecule has 8 N–H and O–H groups in total. The Morgan fingerprint density at radius 3 is 1.07 bits per heavy atom. The van der Waals surface area contributed by atoms with E-state index in [4.69, 9.17) is 22.5 Å². The zero-order chi connectivity index (χ0) is 79.7. The molecule has 0 unspecified atom stereocenters. The molecule has 4 amide bonds. The molecule has 37 heteroatoms. The van der Waals surface area contributed by atoms with Gasteiger partial charge in [-0.2, -0.15) is 54.1 Å². The fraction of sp³-hybridized carbons (Fsp3) is 0.0133. The van der Waals surface area contributed by atoms with Crippen LogP contribution in [0.3, 0.4) is 0 Å². The molecule has 112 heavy (non-hydrogen) atoms. The number of aromatic amines is 4. The first-order valence-corrected chi connectivity index (χ1v) is 37.9. The van der Waals surface area contributed by atoms with Crippen LogP contribution in [0, 0.1) is 29.1 Å². The number of nitrogens with two attached hydrogens (primary N) is 1. The number of carbonyl (C=O) groups excluding carboxylic acids is 4. The van der Waals surface area contributed by atoms with Crippen molar-refractivity contribution < 1.29 is 91.5 Å². The molecule has 4 aromatic heterocycles. The maximum atomic E-state index is 14.1. The molecule has 0 bridgehead atoms. The molecule has 28 nitrogen and oxygen atoms in total. The lowest BCUT2D eigenvalue weighted by molar-refractivity contribution is 0.0956. The van der Waals surface area contributed by atoms with Gasteiger partial charge in [-0.15, -0.1) is 0 Å². The van der Waals surface area contributed by atoms with Crippen LogP contribution >= 0.6 is 0 Å². The second-order valence-electron chi connectivity index (χ2n) is 23.3. The number of hydrogen-bond donors (Lipinski definition) is 7. The van der Waals surface area contributed by atoms with Gasteiger partial charge in [-0.3, -0.25) is 44.5 Å². The van der Waals surface area contributed by atoms with Gasteiger partial charge in [-0.05, 0) is 164 Å². The number of H-pyrrole nitrogens is 4. The van der Waals surface area contributed by atoms with Crippen molar-refractivity contribution in [2.75, 3.05) is 17.3 Å². The highest BCUT2D eigenvalue weighted by atomic mass is 32.2. The van der Waals surface area contributed by atoms with E-state index in [1.807, 2.05) is 6.07 Å². The van der Waals surface area contributed by atoms with Crippen molar-refractivity contribution in [3.05, 3.63) is 307 Å². The molecule has 0 saturated heterocycles. The van der Waals surface area contributed by atoms with E-state index in [1.165, 1.54) is 170 Å². The summed E-state index contributed by atoms with van der Waals surface area (Å²) in [5.74, 6) is -5.92. The molecule has 0 aliphatic heterocycles. The largest absolute Gasteiger partial charge is 0.379 e. The van der Waals surface area contributed by atoms with Crippen molar-refractivity contribution in [3.63, 3.8) is 0 Å². The predicted molar refractivity (Wildman–Crippen MR) is 397 cm³/mol. The van der Waals surface area contributed by atoms with Crippen LogP contribution < -0.4 is 38.0 Å². The first kappa shape index (κ1) is 77.4. The SMILES string of the molecule is CNC(=O)c1n[nH]c2ccc(S(=O)(=O)Oc3cccc(F)c3)cc12.NC(=O)c1n[nH]c2ccc(S(=O)(=O)Oc3cccc(F)c3)cc12.O=C(Nc1ccccc1)c1n[nH]c2ccc(S(=O)(=O)Oc3cccc(F)c3)cc12.O=C(c1ccccc1)N(c1cccc(F)c1)c1n[nH]c2ccc(S(=O)(=O)Oc3cccc(F)c3)cc12. The zero-order valence-electron chi connectivity index (χ0n) is 57.1. The highest BCUT2D eigenvalue weighted by Gasteiger charge is 2.29. The molecule has 0 fully saturated rings. The maximum Gasteiger partial charge on any atom is 0.339 e. The van der Waals surface area contributed by atoms with Crippen LogP contribution in [-0.4, -0.2) is 105 Å². The number of benzene rings is 11. The number of nitrogens with one attached hydrogen (secondary N) is 6. The number of nitrogens with zero attached hydrogens (tertiary/aromatic N) is 5. The molecule has 0 aliphatic rings. The molecule has 568 valence electrons. The number of aromatic nitrogens is 8. The fourth-order valence-corrected chi connectivity index (χ4v) is 14.4. The number of carbonyl (C=O) groups is 4. The summed E-state index contributed by atoms with van der Waals surface area (Å²) in [6, 6.07) is 57.7. The number of fused-ring (bicyclic) bond motifs is 4. The molecule has 4 heterocycles. The van der Waals surface area contributed by atoms with E-state index in [2.05, 4.69) is 51.4 Å². The lowest BCUT2D eigenvalue weighted by atomic mass is 10.1. The lowest BCUT2D eigenvalue weighted by Crippen LogP contribution is -2.26. The van der Waals surface area contributed by atoms with E-state index in [1.54, 1.807) is 54.6 Å². The monoisotopic (exact) mass is 1600 g/mol. The average molecular weight is 1600 g/mol. The number of rotatable bonds is 19. The smallest absolute Gasteiger partial charge is 0.339 e. The molecular weight excluding hydrogens is 1550 g/mol. The molecule has 0 spiro atoms. The summed E-state index contributed by atoms with van der Waals surface area (Å²) in [7, 11) is -15.5. The van der Waals surface area contributed by atoms with Gasteiger partial charge in [-0.25, -0.2) is 22.0 Å². The van der Waals surface area contributed by atoms with Crippen LogP contribution in [0.4, 0.5) is 39.1 Å². The van der Waals surface area contributed by atoms with E-state index >= 15 is 0 Å². The minimum Gasteiger partial charge on any atom is -0.379 e. The minimum atomic E-state index is -4.36. The van der Waals surface area contributed by atoms with Gasteiger partial charge in [0.2, 0.25) is 0 Å². The Hall–Kier alpha value is -14.2. The van der Waals surface area contributed by atoms with Gasteiger partial charge in [0, 0.05) is 64.1 Å². The Balaban J connectivity index is 0.000000141. The van der Waals surface area contributed by atoms with Gasteiger partial charge in [0.1, 0.15) is 71.7 Å². The quantitative estimate of drug-likeness (QED) is 0.0292. The highest BCUT2D eigenvalue weighted by Crippen LogP contribution is 2.36. The van der Waals surface area contributed by atoms with Crippen molar-refractivity contribution in [2.45, 2.75) is 19.6 Å². The van der Waals surface area contributed by atoms with E-state index in [0.717, 1.165) is 36.4 Å². The number of para-hydroxylation sites is 1. The summed E-state index contributed by atoms with van der Waals surface area (Å²) < 4.78 is 187. The van der Waals surface area contributed by atoms with Gasteiger partial charge in [0.15, 0.2) is 22.9 Å². The second kappa shape index (κ2) is 32.7. The molecule has 11 aromatic carbocycles. The van der Waals surface area contributed by atoms with Crippen LogP contribution in [-0.2, 0) is 40.5 Å². The van der Waals surface area contributed by atoms with Gasteiger partial charge in [0.05, 0.1) is 27.8 Å². The predicted octanol–water partition coefficient (Wildman–Crippen LogP) is 12.7. The molecule has 0 atom stereocenters. The van der Waals surface area contributed by atoms with Gasteiger partial charge < -0.3 is 33.1 Å². The molecule has 0 aliphatic carbocycles.